The van der Waals surface area contributed by atoms with E-state index in [0.29, 0.717) is 10.6 Å². The third-order valence-corrected chi connectivity index (χ3v) is 3.96. The van der Waals surface area contributed by atoms with Gasteiger partial charge < -0.3 is 10.1 Å². The molecule has 20 heavy (non-hydrogen) atoms. The molecule has 0 aliphatic carbocycles. The fourth-order valence-electron chi connectivity index (χ4n) is 2.85. The molecule has 4 rings (SSSR count). The number of fused-ring (bicyclic) bond motifs is 4. The zero-order chi connectivity index (χ0) is 13.7. The van der Waals surface area contributed by atoms with E-state index in [0.717, 1.165) is 16.7 Å². The van der Waals surface area contributed by atoms with Crippen LogP contribution in [-0.4, -0.2) is 5.91 Å². The van der Waals surface area contributed by atoms with Crippen LogP contribution in [0.3, 0.4) is 0 Å². The van der Waals surface area contributed by atoms with Crippen molar-refractivity contribution in [3.63, 3.8) is 0 Å². The van der Waals surface area contributed by atoms with Crippen molar-refractivity contribution in [1.29, 1.82) is 0 Å². The van der Waals surface area contributed by atoms with Crippen LogP contribution in [0.5, 0.6) is 0 Å². The number of nitrogens with one attached hydrogen (secondary N) is 1. The van der Waals surface area contributed by atoms with E-state index in [2.05, 4.69) is 5.32 Å². The van der Waals surface area contributed by atoms with Gasteiger partial charge in [0, 0.05) is 21.7 Å². The van der Waals surface area contributed by atoms with Gasteiger partial charge in [0.25, 0.3) is 5.91 Å². The lowest BCUT2D eigenvalue weighted by atomic mass is 9.89. The second-order valence-corrected chi connectivity index (χ2v) is 5.27. The zero-order valence-corrected chi connectivity index (χ0v) is 11.1. The Bertz CT molecular complexity index is 769. The van der Waals surface area contributed by atoms with Crippen LogP contribution in [0, 0.1) is 0 Å². The number of benzene rings is 2. The SMILES string of the molecule is O=C1NC2(OC=Cc3cc(Cl)ccc32)c2ccccc21. The molecule has 0 saturated carbocycles. The molecule has 1 N–H and O–H groups in total. The summed E-state index contributed by atoms with van der Waals surface area (Å²) in [7, 11) is 0. The molecule has 2 aliphatic rings. The fraction of sp³-hybridized carbons (Fsp3) is 0.0625. The van der Waals surface area contributed by atoms with Gasteiger partial charge in [0.2, 0.25) is 5.72 Å². The summed E-state index contributed by atoms with van der Waals surface area (Å²) >= 11 is 6.04. The molecule has 2 heterocycles. The number of ether oxygens (including phenoxy) is 1. The second kappa shape index (κ2) is 3.87. The number of hydrogen-bond donors (Lipinski definition) is 1. The summed E-state index contributed by atoms with van der Waals surface area (Å²) in [5, 5.41) is 3.61. The molecule has 1 amide bonds. The lowest BCUT2D eigenvalue weighted by Crippen LogP contribution is -2.43. The van der Waals surface area contributed by atoms with Gasteiger partial charge >= 0.3 is 0 Å². The van der Waals surface area contributed by atoms with E-state index in [1.165, 1.54) is 0 Å². The van der Waals surface area contributed by atoms with Crippen molar-refractivity contribution in [1.82, 2.24) is 5.32 Å². The van der Waals surface area contributed by atoms with Crippen LogP contribution >= 0.6 is 11.6 Å². The molecule has 1 unspecified atom stereocenters. The molecule has 2 aliphatic heterocycles. The predicted octanol–water partition coefficient (Wildman–Crippen LogP) is 3.29. The maximum absolute atomic E-state index is 12.2. The third-order valence-electron chi connectivity index (χ3n) is 3.73. The number of amides is 1. The Labute approximate surface area is 120 Å². The summed E-state index contributed by atoms with van der Waals surface area (Å²) in [6.45, 7) is 0. The summed E-state index contributed by atoms with van der Waals surface area (Å²) in [6.07, 6.45) is 3.45. The van der Waals surface area contributed by atoms with E-state index < -0.39 is 5.72 Å². The first-order valence-corrected chi connectivity index (χ1v) is 6.65. The minimum atomic E-state index is -0.942. The molecule has 2 aromatic rings. The highest BCUT2D eigenvalue weighted by Gasteiger charge is 2.47. The molecule has 1 spiro atoms. The van der Waals surface area contributed by atoms with Crippen LogP contribution in [0.15, 0.2) is 48.7 Å². The first kappa shape index (κ1) is 11.6. The van der Waals surface area contributed by atoms with Crippen molar-refractivity contribution in [3.05, 3.63) is 76.0 Å². The minimum absolute atomic E-state index is 0.128. The highest BCUT2D eigenvalue weighted by molar-refractivity contribution is 6.30. The minimum Gasteiger partial charge on any atom is -0.467 e. The maximum atomic E-state index is 12.2. The second-order valence-electron chi connectivity index (χ2n) is 4.83. The molecule has 0 saturated heterocycles. The van der Waals surface area contributed by atoms with E-state index >= 15 is 0 Å². The van der Waals surface area contributed by atoms with E-state index in [1.807, 2.05) is 36.4 Å². The molecule has 3 nitrogen and oxygen atoms in total. The topological polar surface area (TPSA) is 38.3 Å². The van der Waals surface area contributed by atoms with E-state index in [9.17, 15) is 4.79 Å². The Morgan fingerprint density at radius 3 is 2.85 bits per heavy atom. The van der Waals surface area contributed by atoms with Gasteiger partial charge in [-0.1, -0.05) is 35.9 Å². The molecule has 1 atom stereocenters. The normalized spacial score (nSPS) is 22.1. The summed E-state index contributed by atoms with van der Waals surface area (Å²) in [5.41, 5.74) is 2.37. The molecule has 2 aromatic carbocycles. The summed E-state index contributed by atoms with van der Waals surface area (Å²) < 4.78 is 5.83. The van der Waals surface area contributed by atoms with Gasteiger partial charge in [0.05, 0.1) is 6.26 Å². The first-order valence-electron chi connectivity index (χ1n) is 6.27. The van der Waals surface area contributed by atoms with Gasteiger partial charge in [-0.05, 0) is 29.8 Å². The van der Waals surface area contributed by atoms with Crippen molar-refractivity contribution >= 4 is 23.6 Å². The highest BCUT2D eigenvalue weighted by Crippen LogP contribution is 2.42. The predicted molar refractivity (Wildman–Crippen MR) is 76.3 cm³/mol. The monoisotopic (exact) mass is 283 g/mol. The van der Waals surface area contributed by atoms with E-state index in [-0.39, 0.29) is 5.91 Å². The Morgan fingerprint density at radius 2 is 1.95 bits per heavy atom. The molecule has 0 aromatic heterocycles. The Morgan fingerprint density at radius 1 is 1.10 bits per heavy atom. The highest BCUT2D eigenvalue weighted by atomic mass is 35.5. The lowest BCUT2D eigenvalue weighted by Gasteiger charge is -2.33. The summed E-state index contributed by atoms with van der Waals surface area (Å²) in [4.78, 5) is 12.2. The van der Waals surface area contributed by atoms with Gasteiger partial charge in [-0.25, -0.2) is 0 Å². The Kier molecular flexibility index (Phi) is 2.24. The van der Waals surface area contributed by atoms with Crippen LogP contribution in [0.4, 0.5) is 0 Å². The van der Waals surface area contributed by atoms with Crippen LogP contribution in [-0.2, 0) is 10.5 Å². The number of carbonyl (C=O) groups is 1. The molecule has 0 radical (unpaired) electrons. The van der Waals surface area contributed by atoms with Crippen molar-refractivity contribution in [2.75, 3.05) is 0 Å². The van der Waals surface area contributed by atoms with Gasteiger partial charge in [-0.3, -0.25) is 4.79 Å². The smallest absolute Gasteiger partial charge is 0.255 e. The van der Waals surface area contributed by atoms with Crippen molar-refractivity contribution in [3.8, 4) is 0 Å². The van der Waals surface area contributed by atoms with Crippen LogP contribution in [0.25, 0.3) is 6.08 Å². The molecule has 0 bridgehead atoms. The number of hydrogen-bond acceptors (Lipinski definition) is 2. The number of halogens is 1. The Balaban J connectivity index is 2.01. The van der Waals surface area contributed by atoms with Gasteiger partial charge in [0.1, 0.15) is 0 Å². The van der Waals surface area contributed by atoms with E-state index in [4.69, 9.17) is 16.3 Å². The summed E-state index contributed by atoms with van der Waals surface area (Å²) in [5.74, 6) is -0.128. The van der Waals surface area contributed by atoms with Crippen LogP contribution in [0.1, 0.15) is 27.0 Å². The zero-order valence-electron chi connectivity index (χ0n) is 10.4. The number of rotatable bonds is 0. The van der Waals surface area contributed by atoms with Gasteiger partial charge in [0.15, 0.2) is 0 Å². The summed E-state index contributed by atoms with van der Waals surface area (Å²) in [6, 6.07) is 13.0. The van der Waals surface area contributed by atoms with Gasteiger partial charge in [-0.15, -0.1) is 0 Å². The average Bonchev–Trinajstić information content (AvgIpc) is 2.73. The maximum Gasteiger partial charge on any atom is 0.255 e. The standard InChI is InChI=1S/C16H10ClNO2/c17-11-5-6-13-10(9-11)7-8-20-16(13)14-4-2-1-3-12(14)15(19)18-16/h1-9H,(H,18,19). The largest absolute Gasteiger partial charge is 0.467 e. The molecule has 4 heteroatoms. The molecule has 98 valence electrons. The Hall–Kier alpha value is -2.26. The molecular weight excluding hydrogens is 274 g/mol. The van der Waals surface area contributed by atoms with Crippen molar-refractivity contribution in [2.24, 2.45) is 0 Å². The van der Waals surface area contributed by atoms with Crippen LogP contribution < -0.4 is 5.32 Å². The first-order chi connectivity index (χ1) is 9.71. The molecular formula is C16H10ClNO2. The number of carbonyl (C=O) groups excluding carboxylic acids is 1. The van der Waals surface area contributed by atoms with Gasteiger partial charge in [-0.2, -0.15) is 0 Å². The average molecular weight is 284 g/mol. The van der Waals surface area contributed by atoms with Crippen molar-refractivity contribution in [2.45, 2.75) is 5.72 Å². The third kappa shape index (κ3) is 1.38. The van der Waals surface area contributed by atoms with Crippen LogP contribution in [0.2, 0.25) is 5.02 Å². The lowest BCUT2D eigenvalue weighted by molar-refractivity contribution is 0.0306. The fourth-order valence-corrected chi connectivity index (χ4v) is 3.03. The quantitative estimate of drug-likeness (QED) is 0.806. The van der Waals surface area contributed by atoms with E-state index in [1.54, 1.807) is 18.4 Å². The van der Waals surface area contributed by atoms with Crippen molar-refractivity contribution < 1.29 is 9.53 Å². The molecule has 0 fully saturated rings.